The van der Waals surface area contributed by atoms with Gasteiger partial charge in [0.2, 0.25) is 5.91 Å². The van der Waals surface area contributed by atoms with Gasteiger partial charge in [-0.05, 0) is 30.7 Å². The Bertz CT molecular complexity index is 296. The van der Waals surface area contributed by atoms with Crippen LogP contribution in [0.2, 0.25) is 0 Å². The summed E-state index contributed by atoms with van der Waals surface area (Å²) in [6, 6.07) is 3.88. The van der Waals surface area contributed by atoms with Crippen LogP contribution in [0.25, 0.3) is 0 Å². The number of amides is 1. The van der Waals surface area contributed by atoms with E-state index in [9.17, 15) is 9.18 Å². The molecule has 2 nitrogen and oxygen atoms in total. The van der Waals surface area contributed by atoms with Gasteiger partial charge in [0.1, 0.15) is 5.82 Å². The van der Waals surface area contributed by atoms with E-state index in [-0.39, 0.29) is 5.82 Å². The molecular weight excluding hydrogens is 145 g/mol. The Kier molecular flexibility index (Phi) is 1.89. The van der Waals surface area contributed by atoms with Crippen molar-refractivity contribution in [2.24, 2.45) is 5.73 Å². The maximum absolute atomic E-state index is 12.5. The van der Waals surface area contributed by atoms with Crippen LogP contribution in [-0.2, 0) is 0 Å². The molecule has 0 saturated heterocycles. The van der Waals surface area contributed by atoms with Crippen molar-refractivity contribution in [2.75, 3.05) is 0 Å². The van der Waals surface area contributed by atoms with Crippen molar-refractivity contribution < 1.29 is 9.18 Å². The lowest BCUT2D eigenvalue weighted by Crippen LogP contribution is -2.12. The second kappa shape index (κ2) is 2.70. The number of primary amides is 1. The van der Waals surface area contributed by atoms with E-state index in [4.69, 9.17) is 5.73 Å². The largest absolute Gasteiger partial charge is 0.366 e. The van der Waals surface area contributed by atoms with Gasteiger partial charge in [-0.15, -0.1) is 0 Å². The van der Waals surface area contributed by atoms with Crippen molar-refractivity contribution in [3.05, 3.63) is 35.1 Å². The fourth-order valence-electron chi connectivity index (χ4n) is 0.904. The molecule has 1 aromatic carbocycles. The molecule has 11 heavy (non-hydrogen) atoms. The highest BCUT2D eigenvalue weighted by Crippen LogP contribution is 2.08. The van der Waals surface area contributed by atoms with Crippen molar-refractivity contribution in [3.8, 4) is 0 Å². The molecule has 0 spiro atoms. The fraction of sp³-hybridized carbons (Fsp3) is 0.125. The third kappa shape index (κ3) is 1.55. The lowest BCUT2D eigenvalue weighted by atomic mass is 10.1. The average Bonchev–Trinajstić information content (AvgIpc) is 1.85. The molecule has 1 rings (SSSR count). The highest BCUT2D eigenvalue weighted by molar-refractivity contribution is 5.94. The van der Waals surface area contributed by atoms with Crippen LogP contribution in [0.4, 0.5) is 4.39 Å². The highest BCUT2D eigenvalue weighted by atomic mass is 19.1. The molecule has 0 heterocycles. The van der Waals surface area contributed by atoms with Gasteiger partial charge in [0, 0.05) is 5.56 Å². The van der Waals surface area contributed by atoms with E-state index in [0.717, 1.165) is 0 Å². The molecule has 0 aliphatic heterocycles. The first-order chi connectivity index (χ1) is 5.11. The summed E-state index contributed by atoms with van der Waals surface area (Å²) in [7, 11) is 0. The predicted octanol–water partition coefficient (Wildman–Crippen LogP) is 1.23. The fourth-order valence-corrected chi connectivity index (χ4v) is 0.904. The SMILES string of the molecule is Cc1cc(F)ccc1C(N)=O. The number of aryl methyl sites for hydroxylation is 1. The quantitative estimate of drug-likeness (QED) is 0.647. The van der Waals surface area contributed by atoms with Gasteiger partial charge in [-0.3, -0.25) is 4.79 Å². The van der Waals surface area contributed by atoms with E-state index in [2.05, 4.69) is 0 Å². The van der Waals surface area contributed by atoms with E-state index >= 15 is 0 Å². The van der Waals surface area contributed by atoms with Gasteiger partial charge in [-0.1, -0.05) is 0 Å². The summed E-state index contributed by atoms with van der Waals surface area (Å²) in [4.78, 5) is 10.6. The van der Waals surface area contributed by atoms with Crippen molar-refractivity contribution in [2.45, 2.75) is 6.92 Å². The number of hydrogen-bond acceptors (Lipinski definition) is 1. The van der Waals surface area contributed by atoms with Gasteiger partial charge in [-0.2, -0.15) is 0 Å². The molecular formula is C8H8FNO. The van der Waals surface area contributed by atoms with Gasteiger partial charge in [0.25, 0.3) is 0 Å². The van der Waals surface area contributed by atoms with E-state index in [1.165, 1.54) is 18.2 Å². The summed E-state index contributed by atoms with van der Waals surface area (Å²) in [6.45, 7) is 1.64. The van der Waals surface area contributed by atoms with Crippen molar-refractivity contribution >= 4 is 5.91 Å². The Balaban J connectivity index is 3.20. The number of carbonyl (C=O) groups excluding carboxylic acids is 1. The molecule has 0 aliphatic carbocycles. The molecule has 0 radical (unpaired) electrons. The molecule has 0 saturated carbocycles. The van der Waals surface area contributed by atoms with E-state index < -0.39 is 5.91 Å². The molecule has 0 bridgehead atoms. The third-order valence-corrected chi connectivity index (χ3v) is 1.45. The van der Waals surface area contributed by atoms with Gasteiger partial charge >= 0.3 is 0 Å². The molecule has 1 amide bonds. The first-order valence-electron chi connectivity index (χ1n) is 3.17. The first-order valence-corrected chi connectivity index (χ1v) is 3.17. The Hall–Kier alpha value is -1.38. The normalized spacial score (nSPS) is 9.64. The van der Waals surface area contributed by atoms with E-state index in [1.807, 2.05) is 0 Å². The summed E-state index contributed by atoms with van der Waals surface area (Å²) in [5.74, 6) is -0.880. The van der Waals surface area contributed by atoms with Gasteiger partial charge in [0.05, 0.1) is 0 Å². The molecule has 0 fully saturated rings. The first kappa shape index (κ1) is 7.72. The number of rotatable bonds is 1. The standard InChI is InChI=1S/C8H8FNO/c1-5-4-6(9)2-3-7(5)8(10)11/h2-4H,1H3,(H2,10,11). The summed E-state index contributed by atoms with van der Waals surface area (Å²) in [5.41, 5.74) is 5.94. The topological polar surface area (TPSA) is 43.1 Å². The number of halogens is 1. The van der Waals surface area contributed by atoms with E-state index in [0.29, 0.717) is 11.1 Å². The summed E-state index contributed by atoms with van der Waals surface area (Å²) in [6.07, 6.45) is 0. The van der Waals surface area contributed by atoms with Crippen molar-refractivity contribution in [1.82, 2.24) is 0 Å². The molecule has 0 aliphatic rings. The van der Waals surface area contributed by atoms with Gasteiger partial charge < -0.3 is 5.73 Å². The minimum absolute atomic E-state index is 0.354. The van der Waals surface area contributed by atoms with Gasteiger partial charge in [-0.25, -0.2) is 4.39 Å². The Morgan fingerprint density at radius 3 is 2.64 bits per heavy atom. The van der Waals surface area contributed by atoms with Crippen LogP contribution in [0.1, 0.15) is 15.9 Å². The minimum Gasteiger partial charge on any atom is -0.366 e. The average molecular weight is 153 g/mol. The smallest absolute Gasteiger partial charge is 0.248 e. The molecule has 2 N–H and O–H groups in total. The maximum atomic E-state index is 12.5. The maximum Gasteiger partial charge on any atom is 0.248 e. The minimum atomic E-state index is -0.525. The number of carbonyl (C=O) groups is 1. The number of benzene rings is 1. The molecule has 0 atom stereocenters. The third-order valence-electron chi connectivity index (χ3n) is 1.45. The van der Waals surface area contributed by atoms with Crippen molar-refractivity contribution in [3.63, 3.8) is 0 Å². The van der Waals surface area contributed by atoms with Crippen LogP contribution in [0.5, 0.6) is 0 Å². The second-order valence-electron chi connectivity index (χ2n) is 2.32. The zero-order chi connectivity index (χ0) is 8.43. The highest BCUT2D eigenvalue weighted by Gasteiger charge is 2.03. The predicted molar refractivity (Wildman–Crippen MR) is 39.7 cm³/mol. The van der Waals surface area contributed by atoms with Crippen LogP contribution >= 0.6 is 0 Å². The van der Waals surface area contributed by atoms with Crippen LogP contribution in [0, 0.1) is 12.7 Å². The summed E-state index contributed by atoms with van der Waals surface area (Å²) < 4.78 is 12.5. The van der Waals surface area contributed by atoms with Crippen molar-refractivity contribution in [1.29, 1.82) is 0 Å². The van der Waals surface area contributed by atoms with Crippen LogP contribution in [-0.4, -0.2) is 5.91 Å². The summed E-state index contributed by atoms with van der Waals surface area (Å²) in [5, 5.41) is 0. The zero-order valence-electron chi connectivity index (χ0n) is 6.10. The zero-order valence-corrected chi connectivity index (χ0v) is 6.10. The molecule has 3 heteroatoms. The van der Waals surface area contributed by atoms with Crippen LogP contribution < -0.4 is 5.73 Å². The van der Waals surface area contributed by atoms with Gasteiger partial charge in [0.15, 0.2) is 0 Å². The molecule has 0 unspecified atom stereocenters. The monoisotopic (exact) mass is 153 g/mol. The van der Waals surface area contributed by atoms with Crippen LogP contribution in [0.15, 0.2) is 18.2 Å². The number of hydrogen-bond donors (Lipinski definition) is 1. The van der Waals surface area contributed by atoms with E-state index in [1.54, 1.807) is 6.92 Å². The Labute approximate surface area is 63.8 Å². The number of nitrogens with two attached hydrogens (primary N) is 1. The molecule has 1 aromatic rings. The second-order valence-corrected chi connectivity index (χ2v) is 2.32. The molecule has 58 valence electrons. The Morgan fingerprint density at radius 2 is 2.18 bits per heavy atom. The Morgan fingerprint density at radius 1 is 1.55 bits per heavy atom. The summed E-state index contributed by atoms with van der Waals surface area (Å²) >= 11 is 0. The molecule has 0 aromatic heterocycles. The lowest BCUT2D eigenvalue weighted by molar-refractivity contribution is 0.0999. The van der Waals surface area contributed by atoms with Crippen LogP contribution in [0.3, 0.4) is 0 Å². The lowest BCUT2D eigenvalue weighted by Gasteiger charge is -1.99.